The number of amides is 2. The monoisotopic (exact) mass is 455 g/mol. The van der Waals surface area contributed by atoms with E-state index in [1.165, 1.54) is 0 Å². The first-order valence-corrected chi connectivity index (χ1v) is 11.3. The minimum Gasteiger partial charge on any atom is -0.337 e. The van der Waals surface area contributed by atoms with Crippen LogP contribution < -0.4 is 16.4 Å². The molecule has 0 radical (unpaired) electrons. The first-order chi connectivity index (χ1) is 16.5. The summed E-state index contributed by atoms with van der Waals surface area (Å²) in [5.74, 6) is 0.799. The average Bonchev–Trinajstić information content (AvgIpc) is 3.29. The van der Waals surface area contributed by atoms with Gasteiger partial charge >= 0.3 is 0 Å². The number of carbonyl (C=O) groups is 2. The topological polar surface area (TPSA) is 139 Å². The van der Waals surface area contributed by atoms with E-state index in [2.05, 4.69) is 30.6 Å². The minimum atomic E-state index is -0.336. The quantitative estimate of drug-likeness (QED) is 0.362. The van der Waals surface area contributed by atoms with Crippen molar-refractivity contribution in [1.29, 1.82) is 0 Å². The maximum atomic E-state index is 12.5. The summed E-state index contributed by atoms with van der Waals surface area (Å²) in [5.41, 5.74) is 9.30. The molecule has 1 fully saturated rings. The standard InChI is InChI=1S/C25H25N7O2/c26-17-8-4-16(5-9-17)24(33)29-18-10-6-15(7-11-18)23-30-20-13-22(28-14-21(20)31-23)32-25(34)19-3-1-2-12-27-19/h1-3,6-7,10-14,16-17H,4-5,8-9,26H2,(H,29,33)(H,30,31)(H,28,32,34). The Labute approximate surface area is 196 Å². The van der Waals surface area contributed by atoms with Gasteiger partial charge in [0, 0.05) is 35.5 Å². The van der Waals surface area contributed by atoms with E-state index in [-0.39, 0.29) is 23.8 Å². The van der Waals surface area contributed by atoms with Gasteiger partial charge in [-0.05, 0) is 62.1 Å². The molecule has 4 aromatic rings. The lowest BCUT2D eigenvalue weighted by Crippen LogP contribution is -2.32. The van der Waals surface area contributed by atoms with Crippen LogP contribution in [0.3, 0.4) is 0 Å². The highest BCUT2D eigenvalue weighted by Crippen LogP contribution is 2.26. The third kappa shape index (κ3) is 4.79. The molecule has 2 amide bonds. The van der Waals surface area contributed by atoms with Crippen LogP contribution in [0.1, 0.15) is 36.2 Å². The number of aromatic amines is 1. The van der Waals surface area contributed by atoms with Gasteiger partial charge in [0.25, 0.3) is 5.91 Å². The van der Waals surface area contributed by atoms with Crippen LogP contribution in [0.15, 0.2) is 60.9 Å². The smallest absolute Gasteiger partial charge is 0.275 e. The number of carbonyl (C=O) groups excluding carboxylic acids is 2. The third-order valence-electron chi connectivity index (χ3n) is 6.08. The number of anilines is 2. The molecule has 9 nitrogen and oxygen atoms in total. The highest BCUT2D eigenvalue weighted by Gasteiger charge is 2.24. The Balaban J connectivity index is 1.26. The van der Waals surface area contributed by atoms with E-state index in [0.717, 1.165) is 42.5 Å². The number of H-pyrrole nitrogens is 1. The van der Waals surface area contributed by atoms with Crippen molar-refractivity contribution in [3.05, 3.63) is 66.6 Å². The van der Waals surface area contributed by atoms with Gasteiger partial charge in [0.1, 0.15) is 17.3 Å². The largest absolute Gasteiger partial charge is 0.337 e. The maximum absolute atomic E-state index is 12.5. The lowest BCUT2D eigenvalue weighted by Gasteiger charge is -2.25. The van der Waals surface area contributed by atoms with Gasteiger partial charge in [-0.15, -0.1) is 0 Å². The molecule has 0 spiro atoms. The van der Waals surface area contributed by atoms with Gasteiger partial charge in [-0.1, -0.05) is 6.07 Å². The van der Waals surface area contributed by atoms with Crippen LogP contribution in [0.4, 0.5) is 11.5 Å². The van der Waals surface area contributed by atoms with Crippen molar-refractivity contribution < 1.29 is 9.59 Å². The van der Waals surface area contributed by atoms with Crippen LogP contribution in [0.2, 0.25) is 0 Å². The zero-order valence-electron chi connectivity index (χ0n) is 18.5. The maximum Gasteiger partial charge on any atom is 0.275 e. The Hall–Kier alpha value is -4.11. The molecule has 3 heterocycles. The van der Waals surface area contributed by atoms with E-state index in [4.69, 9.17) is 5.73 Å². The molecule has 0 saturated heterocycles. The summed E-state index contributed by atoms with van der Waals surface area (Å²) >= 11 is 0. The lowest BCUT2D eigenvalue weighted by molar-refractivity contribution is -0.120. The second kappa shape index (κ2) is 9.40. The molecule has 5 rings (SSSR count). The summed E-state index contributed by atoms with van der Waals surface area (Å²) in [6.45, 7) is 0. The Morgan fingerprint density at radius 3 is 2.50 bits per heavy atom. The molecule has 1 aliphatic rings. The summed E-state index contributed by atoms with van der Waals surface area (Å²) in [6, 6.07) is 14.6. The van der Waals surface area contributed by atoms with Gasteiger partial charge in [0.15, 0.2) is 0 Å². The molecular formula is C25H25N7O2. The van der Waals surface area contributed by atoms with E-state index in [1.807, 2.05) is 24.3 Å². The summed E-state index contributed by atoms with van der Waals surface area (Å²) in [4.78, 5) is 41.1. The van der Waals surface area contributed by atoms with Crippen LogP contribution in [0.25, 0.3) is 22.4 Å². The molecule has 1 saturated carbocycles. The molecule has 0 bridgehead atoms. The van der Waals surface area contributed by atoms with Crippen molar-refractivity contribution in [2.45, 2.75) is 31.7 Å². The van der Waals surface area contributed by atoms with Gasteiger partial charge in [0.05, 0.1) is 17.2 Å². The zero-order chi connectivity index (χ0) is 23.5. The molecule has 1 aromatic carbocycles. The second-order valence-electron chi connectivity index (χ2n) is 8.52. The first kappa shape index (κ1) is 21.7. The molecular weight excluding hydrogens is 430 g/mol. The van der Waals surface area contributed by atoms with Crippen LogP contribution in [-0.4, -0.2) is 37.8 Å². The van der Waals surface area contributed by atoms with Crippen molar-refractivity contribution in [2.75, 3.05) is 10.6 Å². The summed E-state index contributed by atoms with van der Waals surface area (Å²) in [5, 5.41) is 5.75. The van der Waals surface area contributed by atoms with Crippen molar-refractivity contribution in [3.8, 4) is 11.4 Å². The number of nitrogens with zero attached hydrogens (tertiary/aromatic N) is 3. The lowest BCUT2D eigenvalue weighted by atomic mass is 9.86. The van der Waals surface area contributed by atoms with E-state index in [1.54, 1.807) is 36.7 Å². The number of imidazole rings is 1. The minimum absolute atomic E-state index is 0.0229. The van der Waals surface area contributed by atoms with Crippen molar-refractivity contribution in [3.63, 3.8) is 0 Å². The number of hydrogen-bond donors (Lipinski definition) is 4. The Morgan fingerprint density at radius 2 is 1.76 bits per heavy atom. The fraction of sp³-hybridized carbons (Fsp3) is 0.240. The van der Waals surface area contributed by atoms with Crippen LogP contribution >= 0.6 is 0 Å². The predicted molar refractivity (Wildman–Crippen MR) is 130 cm³/mol. The van der Waals surface area contributed by atoms with Crippen molar-refractivity contribution in [1.82, 2.24) is 19.9 Å². The fourth-order valence-corrected chi connectivity index (χ4v) is 4.13. The SMILES string of the molecule is NC1CCC(C(=O)Nc2ccc(-c3nc4cc(NC(=O)c5ccccn5)ncc4[nH]3)cc2)CC1. The van der Waals surface area contributed by atoms with Gasteiger partial charge in [0.2, 0.25) is 5.91 Å². The molecule has 3 aromatic heterocycles. The van der Waals surface area contributed by atoms with Crippen LogP contribution in [0.5, 0.6) is 0 Å². The zero-order valence-corrected chi connectivity index (χ0v) is 18.5. The number of pyridine rings is 2. The van der Waals surface area contributed by atoms with Crippen molar-refractivity contribution in [2.24, 2.45) is 11.7 Å². The number of benzene rings is 1. The van der Waals surface area contributed by atoms with Gasteiger partial charge < -0.3 is 21.4 Å². The number of aromatic nitrogens is 4. The van der Waals surface area contributed by atoms with Crippen LogP contribution in [0, 0.1) is 5.92 Å². The summed E-state index contributed by atoms with van der Waals surface area (Å²) < 4.78 is 0. The highest BCUT2D eigenvalue weighted by atomic mass is 16.2. The fourth-order valence-electron chi connectivity index (χ4n) is 4.13. The molecule has 0 aliphatic heterocycles. The van der Waals surface area contributed by atoms with Gasteiger partial charge in [-0.2, -0.15) is 0 Å². The Bertz CT molecular complexity index is 1310. The number of rotatable bonds is 5. The normalized spacial score (nSPS) is 17.9. The molecule has 0 atom stereocenters. The molecule has 9 heteroatoms. The van der Waals surface area contributed by atoms with E-state index in [9.17, 15) is 9.59 Å². The molecule has 34 heavy (non-hydrogen) atoms. The van der Waals surface area contributed by atoms with Crippen molar-refractivity contribution >= 4 is 34.4 Å². The van der Waals surface area contributed by atoms with Crippen LogP contribution in [-0.2, 0) is 4.79 Å². The van der Waals surface area contributed by atoms with Gasteiger partial charge in [-0.25, -0.2) is 9.97 Å². The molecule has 1 aliphatic carbocycles. The van der Waals surface area contributed by atoms with E-state index >= 15 is 0 Å². The van der Waals surface area contributed by atoms with E-state index in [0.29, 0.717) is 22.9 Å². The molecule has 5 N–H and O–H groups in total. The Morgan fingerprint density at radius 1 is 0.971 bits per heavy atom. The number of nitrogens with one attached hydrogen (secondary N) is 3. The van der Waals surface area contributed by atoms with Gasteiger partial charge in [-0.3, -0.25) is 14.6 Å². The average molecular weight is 456 g/mol. The van der Waals surface area contributed by atoms with E-state index < -0.39 is 0 Å². The summed E-state index contributed by atoms with van der Waals surface area (Å²) in [7, 11) is 0. The Kier molecular flexibility index (Phi) is 6.01. The highest BCUT2D eigenvalue weighted by molar-refractivity contribution is 6.02. The molecule has 0 unspecified atom stereocenters. The third-order valence-corrected chi connectivity index (χ3v) is 6.08. The number of nitrogens with two attached hydrogens (primary N) is 1. The summed E-state index contributed by atoms with van der Waals surface area (Å²) in [6.07, 6.45) is 6.66. The first-order valence-electron chi connectivity index (χ1n) is 11.3. The predicted octanol–water partition coefficient (Wildman–Crippen LogP) is 3.73. The second-order valence-corrected chi connectivity index (χ2v) is 8.52. The number of hydrogen-bond acceptors (Lipinski definition) is 6. The number of fused-ring (bicyclic) bond motifs is 1. The molecule has 172 valence electrons.